The maximum Gasteiger partial charge on any atom is 0.253 e. The van der Waals surface area contributed by atoms with Gasteiger partial charge in [0, 0.05) is 38.0 Å². The van der Waals surface area contributed by atoms with Crippen molar-refractivity contribution >= 4 is 17.8 Å². The first kappa shape index (κ1) is 14.2. The Balaban J connectivity index is 1.65. The first-order chi connectivity index (χ1) is 9.98. The zero-order valence-corrected chi connectivity index (χ0v) is 11.8. The molecule has 1 aliphatic carbocycles. The van der Waals surface area contributed by atoms with Crippen molar-refractivity contribution in [2.45, 2.75) is 24.8 Å². The van der Waals surface area contributed by atoms with Gasteiger partial charge in [0.05, 0.1) is 0 Å². The number of hydrogen-bond donors (Lipinski definition) is 3. The number of nitrogens with one attached hydrogen (secondary N) is 2. The zero-order chi connectivity index (χ0) is 15.0. The van der Waals surface area contributed by atoms with Gasteiger partial charge in [-0.1, -0.05) is 0 Å². The van der Waals surface area contributed by atoms with Crippen molar-refractivity contribution in [2.24, 2.45) is 5.92 Å². The molecule has 2 heterocycles. The third-order valence-corrected chi connectivity index (χ3v) is 3.98. The average molecular weight is 299 g/mol. The first-order valence-electron chi connectivity index (χ1n) is 7.03. The van der Waals surface area contributed by atoms with Crippen LogP contribution < -0.4 is 21.3 Å². The Labute approximate surface area is 121 Å². The Morgan fingerprint density at radius 2 is 2.14 bits per heavy atom. The maximum absolute atomic E-state index is 12.9. The standard InChI is InChI=1S/C12H19F2N7/c1-16-8-2-3-21(6-8)11-19-9(15)18-10(20-11)17-5-7-4-12(7,13)14/h7-8,16H,2-6H2,1H3,(H3,15,17,18,19,20)/t7?,8-/m1/s1. The van der Waals surface area contributed by atoms with Gasteiger partial charge in [-0.25, -0.2) is 8.78 Å². The number of alkyl halides is 2. The molecule has 1 saturated heterocycles. The van der Waals surface area contributed by atoms with Crippen LogP contribution in [0.4, 0.5) is 26.6 Å². The normalized spacial score (nSPS) is 26.9. The minimum atomic E-state index is -2.55. The summed E-state index contributed by atoms with van der Waals surface area (Å²) in [5.41, 5.74) is 5.68. The highest BCUT2D eigenvalue weighted by Gasteiger charge is 2.56. The number of nitrogens with two attached hydrogens (primary N) is 1. The van der Waals surface area contributed by atoms with E-state index in [1.807, 2.05) is 11.9 Å². The molecule has 4 N–H and O–H groups in total. The van der Waals surface area contributed by atoms with Crippen molar-refractivity contribution in [3.8, 4) is 0 Å². The molecule has 1 aliphatic heterocycles. The third kappa shape index (κ3) is 3.12. The summed E-state index contributed by atoms with van der Waals surface area (Å²) in [7, 11) is 1.92. The molecule has 9 heteroatoms. The summed E-state index contributed by atoms with van der Waals surface area (Å²) in [6.07, 6.45) is 0.919. The molecule has 0 spiro atoms. The molecule has 2 fully saturated rings. The highest BCUT2D eigenvalue weighted by atomic mass is 19.3. The minimum absolute atomic E-state index is 0.0800. The van der Waals surface area contributed by atoms with E-state index in [0.717, 1.165) is 19.5 Å². The highest BCUT2D eigenvalue weighted by molar-refractivity contribution is 5.43. The van der Waals surface area contributed by atoms with Crippen molar-refractivity contribution in [2.75, 3.05) is 42.6 Å². The van der Waals surface area contributed by atoms with E-state index in [2.05, 4.69) is 25.6 Å². The molecule has 116 valence electrons. The van der Waals surface area contributed by atoms with E-state index in [1.165, 1.54) is 0 Å². The number of rotatable bonds is 5. The molecule has 7 nitrogen and oxygen atoms in total. The molecule has 0 aromatic carbocycles. The van der Waals surface area contributed by atoms with Crippen LogP contribution >= 0.6 is 0 Å². The number of likely N-dealkylation sites (N-methyl/N-ethyl adjacent to an activating group) is 1. The van der Waals surface area contributed by atoms with Crippen LogP contribution in [0.5, 0.6) is 0 Å². The molecule has 2 aliphatic rings. The summed E-state index contributed by atoms with van der Waals surface area (Å²) < 4.78 is 25.7. The Kier molecular flexibility index (Phi) is 3.52. The minimum Gasteiger partial charge on any atom is -0.368 e. The summed E-state index contributed by atoms with van der Waals surface area (Å²) in [5.74, 6) is -2.35. The van der Waals surface area contributed by atoms with Gasteiger partial charge in [-0.2, -0.15) is 15.0 Å². The van der Waals surface area contributed by atoms with E-state index in [4.69, 9.17) is 5.73 Å². The molecular formula is C12H19F2N7. The molecule has 0 radical (unpaired) electrons. The second kappa shape index (κ2) is 5.21. The van der Waals surface area contributed by atoms with Gasteiger partial charge in [0.15, 0.2) is 0 Å². The molecule has 0 amide bonds. The Hall–Kier alpha value is -1.77. The van der Waals surface area contributed by atoms with E-state index in [0.29, 0.717) is 12.0 Å². The van der Waals surface area contributed by atoms with Crippen LogP contribution in [0, 0.1) is 5.92 Å². The van der Waals surface area contributed by atoms with Crippen molar-refractivity contribution in [1.29, 1.82) is 0 Å². The molecule has 1 unspecified atom stereocenters. The van der Waals surface area contributed by atoms with Gasteiger partial charge in [-0.3, -0.25) is 0 Å². The summed E-state index contributed by atoms with van der Waals surface area (Å²) in [6.45, 7) is 1.77. The summed E-state index contributed by atoms with van der Waals surface area (Å²) >= 11 is 0. The van der Waals surface area contributed by atoms with Crippen LogP contribution in [0.2, 0.25) is 0 Å². The molecule has 2 atom stereocenters. The molecule has 3 rings (SSSR count). The van der Waals surface area contributed by atoms with Crippen LogP contribution in [0.15, 0.2) is 0 Å². The second-order valence-corrected chi connectivity index (χ2v) is 5.58. The van der Waals surface area contributed by atoms with E-state index < -0.39 is 11.8 Å². The van der Waals surface area contributed by atoms with Crippen LogP contribution in [0.1, 0.15) is 12.8 Å². The number of nitrogens with zero attached hydrogens (tertiary/aromatic N) is 4. The third-order valence-electron chi connectivity index (χ3n) is 3.98. The van der Waals surface area contributed by atoms with Crippen molar-refractivity contribution in [3.05, 3.63) is 0 Å². The lowest BCUT2D eigenvalue weighted by molar-refractivity contribution is 0.101. The van der Waals surface area contributed by atoms with Crippen LogP contribution in [0.25, 0.3) is 0 Å². The van der Waals surface area contributed by atoms with E-state index in [1.54, 1.807) is 0 Å². The van der Waals surface area contributed by atoms with Gasteiger partial charge in [-0.15, -0.1) is 0 Å². The van der Waals surface area contributed by atoms with Gasteiger partial charge in [0.2, 0.25) is 17.8 Å². The Morgan fingerprint density at radius 3 is 2.76 bits per heavy atom. The van der Waals surface area contributed by atoms with Gasteiger partial charge in [0.1, 0.15) is 0 Å². The Bertz CT molecular complexity index is 524. The number of hydrogen-bond acceptors (Lipinski definition) is 7. The number of halogens is 2. The lowest BCUT2D eigenvalue weighted by Gasteiger charge is -2.17. The topological polar surface area (TPSA) is 92.0 Å². The predicted molar refractivity (Wildman–Crippen MR) is 75.5 cm³/mol. The number of aromatic nitrogens is 3. The molecular weight excluding hydrogens is 280 g/mol. The van der Waals surface area contributed by atoms with E-state index in [-0.39, 0.29) is 24.9 Å². The second-order valence-electron chi connectivity index (χ2n) is 5.58. The van der Waals surface area contributed by atoms with Crippen LogP contribution in [-0.2, 0) is 0 Å². The van der Waals surface area contributed by atoms with Gasteiger partial charge in [-0.05, 0) is 13.5 Å². The van der Waals surface area contributed by atoms with E-state index >= 15 is 0 Å². The molecule has 1 saturated carbocycles. The number of anilines is 3. The summed E-state index contributed by atoms with van der Waals surface area (Å²) in [5, 5.41) is 6.03. The monoisotopic (exact) mass is 299 g/mol. The molecule has 1 aromatic heterocycles. The van der Waals surface area contributed by atoms with Crippen molar-refractivity contribution < 1.29 is 8.78 Å². The summed E-state index contributed by atoms with van der Waals surface area (Å²) in [4.78, 5) is 14.4. The first-order valence-corrected chi connectivity index (χ1v) is 7.03. The fraction of sp³-hybridized carbons (Fsp3) is 0.750. The van der Waals surface area contributed by atoms with Gasteiger partial charge in [0.25, 0.3) is 5.92 Å². The lowest BCUT2D eigenvalue weighted by Crippen LogP contribution is -2.30. The zero-order valence-electron chi connectivity index (χ0n) is 11.8. The van der Waals surface area contributed by atoms with Crippen LogP contribution in [-0.4, -0.2) is 53.6 Å². The predicted octanol–water partition coefficient (Wildman–Crippen LogP) is 0.319. The van der Waals surface area contributed by atoms with Crippen LogP contribution in [0.3, 0.4) is 0 Å². The van der Waals surface area contributed by atoms with Gasteiger partial charge < -0.3 is 21.3 Å². The fourth-order valence-corrected chi connectivity index (χ4v) is 2.48. The molecule has 21 heavy (non-hydrogen) atoms. The fourth-order valence-electron chi connectivity index (χ4n) is 2.48. The largest absolute Gasteiger partial charge is 0.368 e. The van der Waals surface area contributed by atoms with Gasteiger partial charge >= 0.3 is 0 Å². The quantitative estimate of drug-likeness (QED) is 0.721. The smallest absolute Gasteiger partial charge is 0.253 e. The lowest BCUT2D eigenvalue weighted by atomic mass is 10.3. The molecule has 1 aromatic rings. The molecule has 0 bridgehead atoms. The maximum atomic E-state index is 12.9. The highest BCUT2D eigenvalue weighted by Crippen LogP contribution is 2.48. The average Bonchev–Trinajstić information content (AvgIpc) is 2.88. The Morgan fingerprint density at radius 1 is 1.38 bits per heavy atom. The number of nitrogen functional groups attached to an aromatic ring is 1. The van der Waals surface area contributed by atoms with E-state index in [9.17, 15) is 8.78 Å². The summed E-state index contributed by atoms with van der Waals surface area (Å²) in [6, 6.07) is 0.393. The van der Waals surface area contributed by atoms with Crippen molar-refractivity contribution in [3.63, 3.8) is 0 Å². The SMILES string of the molecule is CN[C@@H]1CCN(c2nc(N)nc(NCC3CC3(F)F)n2)C1. The van der Waals surface area contributed by atoms with Crippen molar-refractivity contribution in [1.82, 2.24) is 20.3 Å².